The predicted octanol–water partition coefficient (Wildman–Crippen LogP) is 0.391. The Balaban J connectivity index is 2.69. The maximum atomic E-state index is 5.41. The molecule has 0 saturated heterocycles. The molecule has 0 bridgehead atoms. The molecule has 1 aromatic heterocycles. The van der Waals surface area contributed by atoms with Crippen molar-refractivity contribution < 1.29 is 4.74 Å². The molecule has 9 heavy (non-hydrogen) atoms. The lowest BCUT2D eigenvalue weighted by Crippen LogP contribution is -1.94. The van der Waals surface area contributed by atoms with Crippen LogP contribution in [0.5, 0.6) is 5.88 Å². The highest BCUT2D eigenvalue weighted by Crippen LogP contribution is 2.14. The lowest BCUT2D eigenvalue weighted by atomic mass is 10.6. The van der Waals surface area contributed by atoms with Crippen LogP contribution in [-0.2, 0) is 0 Å². The highest BCUT2D eigenvalue weighted by Gasteiger charge is 1.98. The summed E-state index contributed by atoms with van der Waals surface area (Å²) >= 11 is 0. The van der Waals surface area contributed by atoms with Crippen LogP contribution in [0.2, 0.25) is 0 Å². The number of aromatic nitrogens is 2. The summed E-state index contributed by atoms with van der Waals surface area (Å²) in [5, 5.41) is 6.32. The number of nitrogens with two attached hydrogens (primary N) is 1. The summed E-state index contributed by atoms with van der Waals surface area (Å²) in [6.45, 7) is 2.48. The number of hydrogen-bond acceptors (Lipinski definition) is 3. The van der Waals surface area contributed by atoms with E-state index in [1.165, 1.54) is 0 Å². The summed E-state index contributed by atoms with van der Waals surface area (Å²) in [6, 6.07) is 0. The predicted molar refractivity (Wildman–Crippen MR) is 34.2 cm³/mol. The van der Waals surface area contributed by atoms with Crippen LogP contribution in [-0.4, -0.2) is 16.8 Å². The third-order valence-corrected chi connectivity index (χ3v) is 0.914. The van der Waals surface area contributed by atoms with Gasteiger partial charge in [0.1, 0.15) is 5.69 Å². The molecule has 0 unspecified atom stereocenters. The van der Waals surface area contributed by atoms with Crippen molar-refractivity contribution in [3.05, 3.63) is 6.20 Å². The second-order valence-electron chi connectivity index (χ2n) is 1.58. The van der Waals surface area contributed by atoms with E-state index in [9.17, 15) is 0 Å². The zero-order valence-electron chi connectivity index (χ0n) is 5.22. The van der Waals surface area contributed by atoms with Gasteiger partial charge >= 0.3 is 0 Å². The summed E-state index contributed by atoms with van der Waals surface area (Å²) in [6.07, 6.45) is 1.59. The standard InChI is InChI=1S/C5H9N3O/c1-2-9-5-4(6)3-7-8-5/h3H,2,6H2,1H3,(H,7,8). The molecule has 0 saturated carbocycles. The molecular weight excluding hydrogens is 118 g/mol. The van der Waals surface area contributed by atoms with Crippen LogP contribution in [0.15, 0.2) is 6.20 Å². The summed E-state index contributed by atoms with van der Waals surface area (Å²) < 4.78 is 5.01. The van der Waals surface area contributed by atoms with E-state index >= 15 is 0 Å². The summed E-state index contributed by atoms with van der Waals surface area (Å²) in [5.74, 6) is 0.484. The zero-order valence-corrected chi connectivity index (χ0v) is 5.22. The monoisotopic (exact) mass is 127 g/mol. The van der Waals surface area contributed by atoms with Crippen molar-refractivity contribution in [1.29, 1.82) is 0 Å². The molecule has 4 nitrogen and oxygen atoms in total. The lowest BCUT2D eigenvalue weighted by molar-refractivity contribution is 0.328. The molecule has 0 aliphatic heterocycles. The zero-order chi connectivity index (χ0) is 6.69. The van der Waals surface area contributed by atoms with Gasteiger partial charge in [-0.1, -0.05) is 0 Å². The fraction of sp³-hybridized carbons (Fsp3) is 0.400. The average molecular weight is 127 g/mol. The number of nitrogen functional groups attached to an aromatic ring is 1. The first-order valence-electron chi connectivity index (χ1n) is 2.76. The van der Waals surface area contributed by atoms with Gasteiger partial charge in [0, 0.05) is 6.20 Å². The Morgan fingerprint density at radius 2 is 2.67 bits per heavy atom. The maximum Gasteiger partial charge on any atom is 0.256 e. The molecule has 0 amide bonds. The molecule has 0 fully saturated rings. The van der Waals surface area contributed by atoms with Gasteiger partial charge in [-0.2, -0.15) is 0 Å². The molecule has 4 heteroatoms. The number of aromatic amines is 1. The second kappa shape index (κ2) is 2.39. The average Bonchev–Trinajstić information content (AvgIpc) is 2.18. The van der Waals surface area contributed by atoms with E-state index in [0.717, 1.165) is 0 Å². The third-order valence-electron chi connectivity index (χ3n) is 0.914. The Morgan fingerprint density at radius 1 is 1.89 bits per heavy atom. The van der Waals surface area contributed by atoms with Gasteiger partial charge in [-0.15, -0.1) is 5.10 Å². The number of rotatable bonds is 2. The number of nitrogens with zero attached hydrogens (tertiary/aromatic N) is 1. The van der Waals surface area contributed by atoms with Gasteiger partial charge in [-0.25, -0.2) is 0 Å². The van der Waals surface area contributed by atoms with Crippen LogP contribution in [0, 0.1) is 0 Å². The van der Waals surface area contributed by atoms with Crippen molar-refractivity contribution in [2.24, 2.45) is 0 Å². The molecule has 0 aliphatic carbocycles. The number of anilines is 1. The van der Waals surface area contributed by atoms with Crippen LogP contribution in [0.1, 0.15) is 6.92 Å². The normalized spacial score (nSPS) is 9.44. The van der Waals surface area contributed by atoms with Crippen LogP contribution in [0.3, 0.4) is 0 Å². The van der Waals surface area contributed by atoms with E-state index in [1.54, 1.807) is 6.20 Å². The molecule has 0 atom stereocenters. The smallest absolute Gasteiger partial charge is 0.256 e. The first kappa shape index (κ1) is 5.94. The minimum atomic E-state index is 0.484. The van der Waals surface area contributed by atoms with Gasteiger partial charge in [0.2, 0.25) is 0 Å². The van der Waals surface area contributed by atoms with Crippen molar-refractivity contribution in [2.45, 2.75) is 6.92 Å². The molecule has 1 heterocycles. The maximum absolute atomic E-state index is 5.41. The van der Waals surface area contributed by atoms with Gasteiger partial charge in [-0.05, 0) is 6.92 Å². The second-order valence-corrected chi connectivity index (χ2v) is 1.58. The van der Waals surface area contributed by atoms with Crippen molar-refractivity contribution >= 4 is 5.69 Å². The molecule has 0 radical (unpaired) electrons. The van der Waals surface area contributed by atoms with Crippen molar-refractivity contribution in [3.8, 4) is 5.88 Å². The Morgan fingerprint density at radius 3 is 3.11 bits per heavy atom. The summed E-state index contributed by atoms with van der Waals surface area (Å²) in [4.78, 5) is 0. The largest absolute Gasteiger partial charge is 0.475 e. The topological polar surface area (TPSA) is 63.9 Å². The summed E-state index contributed by atoms with van der Waals surface area (Å²) in [5.41, 5.74) is 5.96. The molecule has 0 aromatic carbocycles. The Kier molecular flexibility index (Phi) is 1.58. The molecule has 0 aliphatic rings. The minimum Gasteiger partial charge on any atom is -0.475 e. The van der Waals surface area contributed by atoms with Crippen LogP contribution in [0.25, 0.3) is 0 Å². The molecular formula is C5H9N3O. The first-order chi connectivity index (χ1) is 4.34. The van der Waals surface area contributed by atoms with Gasteiger partial charge in [0.05, 0.1) is 6.61 Å². The number of H-pyrrole nitrogens is 1. The quantitative estimate of drug-likeness (QED) is 0.604. The van der Waals surface area contributed by atoms with E-state index in [4.69, 9.17) is 10.5 Å². The Hall–Kier alpha value is -1.19. The van der Waals surface area contributed by atoms with Gasteiger partial charge in [0.25, 0.3) is 5.88 Å². The van der Waals surface area contributed by atoms with Crippen molar-refractivity contribution in [2.75, 3.05) is 12.3 Å². The highest BCUT2D eigenvalue weighted by molar-refractivity contribution is 5.45. The highest BCUT2D eigenvalue weighted by atomic mass is 16.5. The van der Waals surface area contributed by atoms with E-state index < -0.39 is 0 Å². The number of nitrogens with one attached hydrogen (secondary N) is 1. The fourth-order valence-corrected chi connectivity index (χ4v) is 0.539. The Labute approximate surface area is 53.0 Å². The molecule has 1 aromatic rings. The number of hydrogen-bond donors (Lipinski definition) is 2. The van der Waals surface area contributed by atoms with Crippen LogP contribution >= 0.6 is 0 Å². The molecule has 0 spiro atoms. The van der Waals surface area contributed by atoms with Gasteiger partial charge < -0.3 is 10.5 Å². The SMILES string of the molecule is CCOc1n[nH]cc1N. The number of ether oxygens (including phenoxy) is 1. The minimum absolute atomic E-state index is 0.484. The molecule has 1 rings (SSSR count). The van der Waals surface area contributed by atoms with Gasteiger partial charge in [-0.3, -0.25) is 5.10 Å². The van der Waals surface area contributed by atoms with Crippen LogP contribution < -0.4 is 10.5 Å². The van der Waals surface area contributed by atoms with E-state index in [2.05, 4.69) is 10.2 Å². The molecule has 3 N–H and O–H groups in total. The van der Waals surface area contributed by atoms with E-state index in [-0.39, 0.29) is 0 Å². The summed E-state index contributed by atoms with van der Waals surface area (Å²) in [7, 11) is 0. The van der Waals surface area contributed by atoms with E-state index in [1.807, 2.05) is 6.92 Å². The van der Waals surface area contributed by atoms with Crippen molar-refractivity contribution in [1.82, 2.24) is 10.2 Å². The van der Waals surface area contributed by atoms with Crippen LogP contribution in [0.4, 0.5) is 5.69 Å². The fourth-order valence-electron chi connectivity index (χ4n) is 0.539. The first-order valence-corrected chi connectivity index (χ1v) is 2.76. The van der Waals surface area contributed by atoms with Crippen molar-refractivity contribution in [3.63, 3.8) is 0 Å². The third kappa shape index (κ3) is 1.13. The lowest BCUT2D eigenvalue weighted by Gasteiger charge is -1.95. The molecule has 50 valence electrons. The van der Waals surface area contributed by atoms with E-state index in [0.29, 0.717) is 18.2 Å². The Bertz CT molecular complexity index is 184. The van der Waals surface area contributed by atoms with Gasteiger partial charge in [0.15, 0.2) is 0 Å².